The highest BCUT2D eigenvalue weighted by Gasteiger charge is 2.28. The molecule has 102 valence electrons. The highest BCUT2D eigenvalue weighted by Crippen LogP contribution is 2.36. The van der Waals surface area contributed by atoms with Crippen molar-refractivity contribution in [3.05, 3.63) is 17.5 Å². The maximum atomic E-state index is 5.92. The van der Waals surface area contributed by atoms with E-state index in [0.717, 1.165) is 24.8 Å². The van der Waals surface area contributed by atoms with Crippen molar-refractivity contribution in [2.45, 2.75) is 39.2 Å². The Bertz CT molecular complexity index is 381. The fourth-order valence-electron chi connectivity index (χ4n) is 2.60. The van der Waals surface area contributed by atoms with Crippen molar-refractivity contribution < 1.29 is 0 Å². The second kappa shape index (κ2) is 5.85. The Morgan fingerprint density at radius 1 is 1.56 bits per heavy atom. The lowest BCUT2D eigenvalue weighted by Gasteiger charge is -2.19. The van der Waals surface area contributed by atoms with Gasteiger partial charge in [0.25, 0.3) is 0 Å². The van der Waals surface area contributed by atoms with E-state index in [0.29, 0.717) is 6.54 Å². The minimum Gasteiger partial charge on any atom is -0.329 e. The summed E-state index contributed by atoms with van der Waals surface area (Å²) >= 11 is 0. The molecule has 1 heterocycles. The number of nitrogens with zero attached hydrogens (tertiary/aromatic N) is 2. The molecule has 1 fully saturated rings. The average molecular weight is 250 g/mol. The number of hydrogen-bond donors (Lipinski definition) is 2. The third-order valence-corrected chi connectivity index (χ3v) is 4.00. The smallest absolute Gasteiger partial charge is 0.0670 e. The molecule has 1 aromatic rings. The van der Waals surface area contributed by atoms with E-state index in [4.69, 9.17) is 5.73 Å². The second-order valence-electron chi connectivity index (χ2n) is 5.57. The van der Waals surface area contributed by atoms with Crippen LogP contribution < -0.4 is 11.1 Å². The molecular weight excluding hydrogens is 224 g/mol. The molecule has 1 aliphatic carbocycles. The van der Waals surface area contributed by atoms with Gasteiger partial charge >= 0.3 is 0 Å². The fourth-order valence-corrected chi connectivity index (χ4v) is 2.60. The van der Waals surface area contributed by atoms with Gasteiger partial charge in [-0.3, -0.25) is 4.68 Å². The van der Waals surface area contributed by atoms with Crippen LogP contribution in [0.5, 0.6) is 0 Å². The normalized spacial score (nSPS) is 18.9. The predicted molar refractivity (Wildman–Crippen MR) is 74.3 cm³/mol. The van der Waals surface area contributed by atoms with E-state index in [1.54, 1.807) is 0 Å². The number of aryl methyl sites for hydroxylation is 2. The summed E-state index contributed by atoms with van der Waals surface area (Å²) in [5.74, 6) is 1.70. The molecule has 0 aromatic carbocycles. The number of nitrogens with two attached hydrogens (primary N) is 1. The van der Waals surface area contributed by atoms with Gasteiger partial charge in [-0.2, -0.15) is 5.10 Å². The van der Waals surface area contributed by atoms with E-state index in [2.05, 4.69) is 30.5 Å². The maximum Gasteiger partial charge on any atom is 0.0670 e. The van der Waals surface area contributed by atoms with Crippen molar-refractivity contribution in [1.29, 1.82) is 0 Å². The zero-order chi connectivity index (χ0) is 13.1. The van der Waals surface area contributed by atoms with Crippen LogP contribution in [0.2, 0.25) is 0 Å². The standard InChI is InChI=1S/C14H26N4/c1-4-13-12(9-18(3)17-13)14(7-15)16-8-10(2)11-5-6-11/h9-11,14,16H,4-8,15H2,1-3H3. The van der Waals surface area contributed by atoms with Gasteiger partial charge in [0.05, 0.1) is 5.69 Å². The first-order valence-corrected chi connectivity index (χ1v) is 7.11. The summed E-state index contributed by atoms with van der Waals surface area (Å²) < 4.78 is 1.89. The summed E-state index contributed by atoms with van der Waals surface area (Å²) in [6.45, 7) is 6.18. The molecule has 1 saturated carbocycles. The molecule has 2 unspecified atom stereocenters. The average Bonchev–Trinajstić information content (AvgIpc) is 3.14. The minimum atomic E-state index is 0.245. The van der Waals surface area contributed by atoms with E-state index in [1.807, 2.05) is 11.7 Å². The summed E-state index contributed by atoms with van der Waals surface area (Å²) in [6.07, 6.45) is 5.88. The van der Waals surface area contributed by atoms with E-state index >= 15 is 0 Å². The van der Waals surface area contributed by atoms with Gasteiger partial charge in [0.15, 0.2) is 0 Å². The molecule has 0 radical (unpaired) electrons. The highest BCUT2D eigenvalue weighted by atomic mass is 15.3. The first-order chi connectivity index (χ1) is 8.65. The van der Waals surface area contributed by atoms with Crippen LogP contribution in [0.1, 0.15) is 44.0 Å². The van der Waals surface area contributed by atoms with E-state index in [-0.39, 0.29) is 6.04 Å². The quantitative estimate of drug-likeness (QED) is 0.773. The molecule has 0 saturated heterocycles. The molecule has 4 nitrogen and oxygen atoms in total. The molecule has 0 spiro atoms. The molecule has 3 N–H and O–H groups in total. The first-order valence-electron chi connectivity index (χ1n) is 7.11. The molecule has 0 amide bonds. The minimum absolute atomic E-state index is 0.245. The predicted octanol–water partition coefficient (Wildman–Crippen LogP) is 1.62. The van der Waals surface area contributed by atoms with Gasteiger partial charge in [0.2, 0.25) is 0 Å². The number of rotatable bonds is 7. The molecule has 2 atom stereocenters. The Morgan fingerprint density at radius 2 is 2.28 bits per heavy atom. The largest absolute Gasteiger partial charge is 0.329 e. The number of aromatic nitrogens is 2. The zero-order valence-electron chi connectivity index (χ0n) is 11.8. The van der Waals surface area contributed by atoms with Crippen LogP contribution in [0, 0.1) is 11.8 Å². The van der Waals surface area contributed by atoms with Crippen LogP contribution in [0.15, 0.2) is 6.20 Å². The Labute approximate surface area is 110 Å². The summed E-state index contributed by atoms with van der Waals surface area (Å²) in [7, 11) is 1.98. The molecule has 4 heteroatoms. The first kappa shape index (κ1) is 13.6. The summed E-state index contributed by atoms with van der Waals surface area (Å²) in [6, 6.07) is 0.245. The number of nitrogens with one attached hydrogen (secondary N) is 1. The lowest BCUT2D eigenvalue weighted by Crippen LogP contribution is -2.32. The van der Waals surface area contributed by atoms with Gasteiger partial charge < -0.3 is 11.1 Å². The van der Waals surface area contributed by atoms with E-state index in [9.17, 15) is 0 Å². The maximum absolute atomic E-state index is 5.92. The summed E-state index contributed by atoms with van der Waals surface area (Å²) in [5.41, 5.74) is 8.35. The molecule has 0 bridgehead atoms. The molecule has 1 aromatic heterocycles. The van der Waals surface area contributed by atoms with Gasteiger partial charge in [0.1, 0.15) is 0 Å². The van der Waals surface area contributed by atoms with Gasteiger partial charge in [-0.05, 0) is 37.6 Å². The van der Waals surface area contributed by atoms with Crippen LogP contribution >= 0.6 is 0 Å². The lowest BCUT2D eigenvalue weighted by molar-refractivity contribution is 0.421. The Hall–Kier alpha value is -0.870. The monoisotopic (exact) mass is 250 g/mol. The van der Waals surface area contributed by atoms with Crippen LogP contribution in [0.25, 0.3) is 0 Å². The molecule has 0 aliphatic heterocycles. The molecule has 18 heavy (non-hydrogen) atoms. The van der Waals surface area contributed by atoms with Gasteiger partial charge in [-0.1, -0.05) is 13.8 Å². The Kier molecular flexibility index (Phi) is 4.40. The van der Waals surface area contributed by atoms with Crippen LogP contribution in [-0.2, 0) is 13.5 Å². The molecular formula is C14H26N4. The van der Waals surface area contributed by atoms with Gasteiger partial charge in [-0.25, -0.2) is 0 Å². The third-order valence-electron chi connectivity index (χ3n) is 4.00. The van der Waals surface area contributed by atoms with Crippen LogP contribution in [0.3, 0.4) is 0 Å². The Balaban J connectivity index is 1.97. The topological polar surface area (TPSA) is 55.9 Å². The van der Waals surface area contributed by atoms with Crippen LogP contribution in [0.4, 0.5) is 0 Å². The van der Waals surface area contributed by atoms with Gasteiger partial charge in [0, 0.05) is 31.4 Å². The van der Waals surface area contributed by atoms with Crippen molar-refractivity contribution in [3.63, 3.8) is 0 Å². The van der Waals surface area contributed by atoms with Crippen molar-refractivity contribution >= 4 is 0 Å². The molecule has 2 rings (SSSR count). The van der Waals surface area contributed by atoms with Crippen molar-refractivity contribution in [2.24, 2.45) is 24.6 Å². The number of hydrogen-bond acceptors (Lipinski definition) is 3. The zero-order valence-corrected chi connectivity index (χ0v) is 11.8. The van der Waals surface area contributed by atoms with Crippen molar-refractivity contribution in [3.8, 4) is 0 Å². The van der Waals surface area contributed by atoms with E-state index in [1.165, 1.54) is 24.1 Å². The van der Waals surface area contributed by atoms with Crippen molar-refractivity contribution in [2.75, 3.05) is 13.1 Å². The Morgan fingerprint density at radius 3 is 2.83 bits per heavy atom. The summed E-state index contributed by atoms with van der Waals surface area (Å²) in [5, 5.41) is 8.11. The van der Waals surface area contributed by atoms with E-state index < -0.39 is 0 Å². The highest BCUT2D eigenvalue weighted by molar-refractivity contribution is 5.21. The fraction of sp³-hybridized carbons (Fsp3) is 0.786. The van der Waals surface area contributed by atoms with Crippen molar-refractivity contribution in [1.82, 2.24) is 15.1 Å². The van der Waals surface area contributed by atoms with Crippen LogP contribution in [-0.4, -0.2) is 22.9 Å². The SMILES string of the molecule is CCc1nn(C)cc1C(CN)NCC(C)C1CC1. The molecule has 1 aliphatic rings. The third kappa shape index (κ3) is 3.12. The summed E-state index contributed by atoms with van der Waals surface area (Å²) in [4.78, 5) is 0. The second-order valence-corrected chi connectivity index (χ2v) is 5.57. The lowest BCUT2D eigenvalue weighted by atomic mass is 10.0. The van der Waals surface area contributed by atoms with Gasteiger partial charge in [-0.15, -0.1) is 0 Å².